The molecule has 0 saturated carbocycles. The smallest absolute Gasteiger partial charge is 0.125 e. The first-order valence-corrected chi connectivity index (χ1v) is 5.56. The van der Waals surface area contributed by atoms with Gasteiger partial charge in [0.1, 0.15) is 5.82 Å². The summed E-state index contributed by atoms with van der Waals surface area (Å²) in [7, 11) is 0. The Kier molecular flexibility index (Phi) is 3.01. The zero-order valence-electron chi connectivity index (χ0n) is 9.36. The number of piperidine rings is 1. The number of aliphatic hydroxyl groups is 1. The predicted molar refractivity (Wildman–Crippen MR) is 62.8 cm³/mol. The molecular formula is C12H17FN2O. The van der Waals surface area contributed by atoms with Crippen LogP contribution < -0.4 is 10.6 Å². The molecule has 2 unspecified atom stereocenters. The molecule has 0 amide bonds. The highest BCUT2D eigenvalue weighted by atomic mass is 19.1. The average molecular weight is 224 g/mol. The van der Waals surface area contributed by atoms with Crippen LogP contribution in [0.4, 0.5) is 15.8 Å². The van der Waals surface area contributed by atoms with E-state index in [1.54, 1.807) is 6.07 Å². The molecule has 16 heavy (non-hydrogen) atoms. The van der Waals surface area contributed by atoms with Gasteiger partial charge in [0, 0.05) is 13.1 Å². The molecule has 0 spiro atoms. The minimum atomic E-state index is -0.275. The lowest BCUT2D eigenvalue weighted by atomic mass is 9.96. The first-order valence-electron chi connectivity index (χ1n) is 5.56. The van der Waals surface area contributed by atoms with Crippen molar-refractivity contribution in [3.05, 3.63) is 24.0 Å². The van der Waals surface area contributed by atoms with Crippen molar-refractivity contribution in [1.29, 1.82) is 0 Å². The van der Waals surface area contributed by atoms with Crippen LogP contribution in [-0.2, 0) is 0 Å². The third kappa shape index (κ3) is 2.11. The molecule has 1 aliphatic heterocycles. The summed E-state index contributed by atoms with van der Waals surface area (Å²) in [5, 5.41) is 9.63. The van der Waals surface area contributed by atoms with Crippen LogP contribution in [0.2, 0.25) is 0 Å². The van der Waals surface area contributed by atoms with Crippen molar-refractivity contribution in [2.75, 3.05) is 23.7 Å². The summed E-state index contributed by atoms with van der Waals surface area (Å²) in [4.78, 5) is 2.04. The Balaban J connectivity index is 2.21. The lowest BCUT2D eigenvalue weighted by Gasteiger charge is -2.36. The van der Waals surface area contributed by atoms with Gasteiger partial charge in [-0.25, -0.2) is 4.39 Å². The van der Waals surface area contributed by atoms with Crippen molar-refractivity contribution in [1.82, 2.24) is 0 Å². The van der Waals surface area contributed by atoms with Gasteiger partial charge in [0.25, 0.3) is 0 Å². The lowest BCUT2D eigenvalue weighted by molar-refractivity contribution is 0.0971. The Hall–Kier alpha value is -1.29. The Morgan fingerprint density at radius 3 is 2.94 bits per heavy atom. The molecule has 0 bridgehead atoms. The molecule has 1 heterocycles. The number of hydrogen-bond donors (Lipinski definition) is 2. The van der Waals surface area contributed by atoms with Crippen molar-refractivity contribution in [2.24, 2.45) is 5.92 Å². The first-order chi connectivity index (χ1) is 7.58. The number of nitrogen functional groups attached to an aromatic ring is 1. The Labute approximate surface area is 94.7 Å². The highest BCUT2D eigenvalue weighted by Crippen LogP contribution is 2.28. The molecule has 0 radical (unpaired) electrons. The highest BCUT2D eigenvalue weighted by molar-refractivity contribution is 5.67. The van der Waals surface area contributed by atoms with Gasteiger partial charge in [-0.2, -0.15) is 0 Å². The van der Waals surface area contributed by atoms with E-state index in [9.17, 15) is 9.50 Å². The molecule has 0 aromatic heterocycles. The molecule has 1 aromatic carbocycles. The van der Waals surface area contributed by atoms with Gasteiger partial charge in [-0.05, 0) is 30.5 Å². The van der Waals surface area contributed by atoms with Gasteiger partial charge in [0.05, 0.1) is 17.5 Å². The summed E-state index contributed by atoms with van der Waals surface area (Å²) in [5.74, 6) is -0.0839. The summed E-state index contributed by atoms with van der Waals surface area (Å²) >= 11 is 0. The maximum atomic E-state index is 13.1. The predicted octanol–water partition coefficient (Wildman–Crippen LogP) is 1.61. The topological polar surface area (TPSA) is 49.5 Å². The summed E-state index contributed by atoms with van der Waals surface area (Å²) < 4.78 is 13.1. The molecule has 2 atom stereocenters. The van der Waals surface area contributed by atoms with E-state index in [0.717, 1.165) is 18.8 Å². The van der Waals surface area contributed by atoms with E-state index >= 15 is 0 Å². The molecule has 1 aliphatic rings. The minimum absolute atomic E-state index is 0.191. The van der Waals surface area contributed by atoms with E-state index in [2.05, 4.69) is 0 Å². The van der Waals surface area contributed by atoms with Crippen LogP contribution in [0.25, 0.3) is 0 Å². The van der Waals surface area contributed by atoms with Crippen LogP contribution in [0.5, 0.6) is 0 Å². The third-order valence-corrected chi connectivity index (χ3v) is 3.19. The van der Waals surface area contributed by atoms with Crippen LogP contribution in [0, 0.1) is 11.7 Å². The zero-order chi connectivity index (χ0) is 11.7. The van der Waals surface area contributed by atoms with Crippen molar-refractivity contribution < 1.29 is 9.50 Å². The third-order valence-electron chi connectivity index (χ3n) is 3.19. The standard InChI is InChI=1S/C12H17FN2O/c1-8-7-15(5-4-12(8)16)11-6-9(13)2-3-10(11)14/h2-3,6,8,12,16H,4-5,7,14H2,1H3. The summed E-state index contributed by atoms with van der Waals surface area (Å²) in [6.07, 6.45) is 0.447. The van der Waals surface area contributed by atoms with Crippen LogP contribution in [0.15, 0.2) is 18.2 Å². The van der Waals surface area contributed by atoms with E-state index in [0.29, 0.717) is 12.1 Å². The average Bonchev–Trinajstić information content (AvgIpc) is 2.26. The SMILES string of the molecule is CC1CN(c2cc(F)ccc2N)CCC1O. The van der Waals surface area contributed by atoms with Crippen molar-refractivity contribution in [3.8, 4) is 0 Å². The number of benzene rings is 1. The van der Waals surface area contributed by atoms with E-state index < -0.39 is 0 Å². The molecule has 2 rings (SSSR count). The van der Waals surface area contributed by atoms with Crippen molar-refractivity contribution in [3.63, 3.8) is 0 Å². The van der Waals surface area contributed by atoms with Gasteiger partial charge in [0.2, 0.25) is 0 Å². The molecule has 3 N–H and O–H groups in total. The quantitative estimate of drug-likeness (QED) is 0.713. The molecule has 4 heteroatoms. The Bertz CT molecular complexity index is 383. The molecule has 3 nitrogen and oxygen atoms in total. The highest BCUT2D eigenvalue weighted by Gasteiger charge is 2.25. The second-order valence-electron chi connectivity index (χ2n) is 4.48. The molecule has 1 saturated heterocycles. The van der Waals surface area contributed by atoms with Gasteiger partial charge in [-0.3, -0.25) is 0 Å². The number of halogens is 1. The van der Waals surface area contributed by atoms with Crippen molar-refractivity contribution in [2.45, 2.75) is 19.4 Å². The van der Waals surface area contributed by atoms with E-state index in [1.807, 2.05) is 11.8 Å². The maximum Gasteiger partial charge on any atom is 0.125 e. The van der Waals surface area contributed by atoms with Gasteiger partial charge < -0.3 is 15.7 Å². The fourth-order valence-corrected chi connectivity index (χ4v) is 2.14. The first kappa shape index (κ1) is 11.2. The molecule has 1 aromatic rings. The van der Waals surface area contributed by atoms with Gasteiger partial charge in [0.15, 0.2) is 0 Å². The normalized spacial score (nSPS) is 25.8. The molecule has 88 valence electrons. The minimum Gasteiger partial charge on any atom is -0.397 e. The van der Waals surface area contributed by atoms with Crippen LogP contribution in [0.1, 0.15) is 13.3 Å². The lowest BCUT2D eigenvalue weighted by Crippen LogP contribution is -2.42. The number of nitrogens with zero attached hydrogens (tertiary/aromatic N) is 1. The number of aliphatic hydroxyl groups excluding tert-OH is 1. The number of nitrogens with two attached hydrogens (primary N) is 1. The van der Waals surface area contributed by atoms with E-state index in [-0.39, 0.29) is 17.8 Å². The van der Waals surface area contributed by atoms with Crippen LogP contribution >= 0.6 is 0 Å². The maximum absolute atomic E-state index is 13.1. The molecule has 1 fully saturated rings. The van der Waals surface area contributed by atoms with E-state index in [4.69, 9.17) is 5.73 Å². The molecule has 0 aliphatic carbocycles. The number of anilines is 2. The zero-order valence-corrected chi connectivity index (χ0v) is 9.36. The Morgan fingerprint density at radius 2 is 2.25 bits per heavy atom. The largest absolute Gasteiger partial charge is 0.397 e. The van der Waals surface area contributed by atoms with Crippen LogP contribution in [-0.4, -0.2) is 24.3 Å². The van der Waals surface area contributed by atoms with E-state index in [1.165, 1.54) is 12.1 Å². The Morgan fingerprint density at radius 1 is 1.50 bits per heavy atom. The van der Waals surface area contributed by atoms with Gasteiger partial charge in [-0.15, -0.1) is 0 Å². The summed E-state index contributed by atoms with van der Waals surface area (Å²) in [6.45, 7) is 3.43. The number of rotatable bonds is 1. The van der Waals surface area contributed by atoms with Crippen LogP contribution in [0.3, 0.4) is 0 Å². The summed E-state index contributed by atoms with van der Waals surface area (Å²) in [6, 6.07) is 4.40. The second kappa shape index (κ2) is 4.29. The monoisotopic (exact) mass is 224 g/mol. The second-order valence-corrected chi connectivity index (χ2v) is 4.48. The number of hydrogen-bond acceptors (Lipinski definition) is 3. The fourth-order valence-electron chi connectivity index (χ4n) is 2.14. The van der Waals surface area contributed by atoms with Gasteiger partial charge >= 0.3 is 0 Å². The van der Waals surface area contributed by atoms with Gasteiger partial charge in [-0.1, -0.05) is 6.92 Å². The summed E-state index contributed by atoms with van der Waals surface area (Å²) in [5.41, 5.74) is 7.15. The molecular weight excluding hydrogens is 207 g/mol. The van der Waals surface area contributed by atoms with Crippen molar-refractivity contribution >= 4 is 11.4 Å². The fraction of sp³-hybridized carbons (Fsp3) is 0.500.